The molecule has 2 aromatic heterocycles. The maximum Gasteiger partial charge on any atom is 0.123 e. The Labute approximate surface area is 188 Å². The molecule has 4 aromatic rings. The van der Waals surface area contributed by atoms with Crippen LogP contribution >= 0.6 is 0 Å². The molecule has 1 fully saturated rings. The molecule has 2 aromatic carbocycles. The lowest BCUT2D eigenvalue weighted by Gasteiger charge is -2.31. The molecule has 32 heavy (non-hydrogen) atoms. The van der Waals surface area contributed by atoms with Gasteiger partial charge in [-0.2, -0.15) is 0 Å². The third-order valence-corrected chi connectivity index (χ3v) is 6.29. The average molecular weight is 427 g/mol. The molecule has 0 aliphatic carbocycles. The van der Waals surface area contributed by atoms with Crippen LogP contribution in [0.25, 0.3) is 22.5 Å². The van der Waals surface area contributed by atoms with Crippen LogP contribution in [0.15, 0.2) is 79.1 Å². The van der Waals surface area contributed by atoms with Gasteiger partial charge in [0, 0.05) is 43.0 Å². The quantitative estimate of drug-likeness (QED) is 0.412. The van der Waals surface area contributed by atoms with Gasteiger partial charge >= 0.3 is 0 Å². The molecule has 1 saturated heterocycles. The van der Waals surface area contributed by atoms with Crippen LogP contribution in [0.2, 0.25) is 0 Å². The van der Waals surface area contributed by atoms with E-state index in [1.54, 1.807) is 6.07 Å². The van der Waals surface area contributed by atoms with Crippen LogP contribution < -0.4 is 0 Å². The summed E-state index contributed by atoms with van der Waals surface area (Å²) in [4.78, 5) is 12.1. The molecule has 5 rings (SSSR count). The minimum absolute atomic E-state index is 0.252. The summed E-state index contributed by atoms with van der Waals surface area (Å²) in [5, 5.41) is 0. The van der Waals surface area contributed by atoms with Crippen LogP contribution in [0.1, 0.15) is 30.1 Å². The normalized spacial score (nSPS) is 15.2. The number of hydrogen-bond acceptors (Lipinski definition) is 3. The second kappa shape index (κ2) is 9.05. The maximum absolute atomic E-state index is 13.5. The number of rotatable bonds is 5. The fourth-order valence-electron chi connectivity index (χ4n) is 4.55. The number of likely N-dealkylation sites (tertiary alicyclic amines) is 1. The van der Waals surface area contributed by atoms with Crippen LogP contribution in [-0.2, 0) is 13.6 Å². The van der Waals surface area contributed by atoms with Crippen molar-refractivity contribution in [2.45, 2.75) is 25.3 Å². The zero-order valence-corrected chi connectivity index (χ0v) is 18.3. The summed E-state index contributed by atoms with van der Waals surface area (Å²) in [7, 11) is 2.08. The summed E-state index contributed by atoms with van der Waals surface area (Å²) in [6.07, 6.45) is 6.15. The number of imidazole rings is 1. The van der Waals surface area contributed by atoms with Crippen molar-refractivity contribution in [1.82, 2.24) is 19.4 Å². The molecule has 162 valence electrons. The summed E-state index contributed by atoms with van der Waals surface area (Å²) < 4.78 is 15.7. The van der Waals surface area contributed by atoms with Gasteiger partial charge in [0.25, 0.3) is 0 Å². The average Bonchev–Trinajstić information content (AvgIpc) is 3.22. The first-order valence-corrected chi connectivity index (χ1v) is 11.2. The first kappa shape index (κ1) is 20.6. The van der Waals surface area contributed by atoms with E-state index in [0.717, 1.165) is 60.8 Å². The Balaban J connectivity index is 1.26. The predicted octanol–water partition coefficient (Wildman–Crippen LogP) is 5.67. The smallest absolute Gasteiger partial charge is 0.123 e. The summed E-state index contributed by atoms with van der Waals surface area (Å²) in [5.74, 6) is 1.37. The second-order valence-electron chi connectivity index (χ2n) is 8.57. The zero-order valence-electron chi connectivity index (χ0n) is 18.3. The van der Waals surface area contributed by atoms with Crippen LogP contribution in [-0.4, -0.2) is 32.5 Å². The van der Waals surface area contributed by atoms with E-state index >= 15 is 0 Å². The van der Waals surface area contributed by atoms with Gasteiger partial charge in [-0.05, 0) is 55.8 Å². The molecule has 0 bridgehead atoms. The van der Waals surface area contributed by atoms with Crippen molar-refractivity contribution in [3.8, 4) is 22.5 Å². The first-order valence-electron chi connectivity index (χ1n) is 11.2. The Morgan fingerprint density at radius 1 is 0.906 bits per heavy atom. The van der Waals surface area contributed by atoms with Gasteiger partial charge in [-0.1, -0.05) is 42.5 Å². The number of aromatic nitrogens is 3. The molecular formula is C27H27FN4. The molecule has 1 aliphatic rings. The van der Waals surface area contributed by atoms with Crippen molar-refractivity contribution in [3.05, 3.63) is 96.3 Å². The maximum atomic E-state index is 13.5. The van der Waals surface area contributed by atoms with Gasteiger partial charge in [0.15, 0.2) is 0 Å². The monoisotopic (exact) mass is 426 g/mol. The van der Waals surface area contributed by atoms with Gasteiger partial charge < -0.3 is 4.57 Å². The van der Waals surface area contributed by atoms with Crippen LogP contribution in [0.5, 0.6) is 0 Å². The fraction of sp³-hybridized carbons (Fsp3) is 0.259. The number of halogens is 1. The zero-order chi connectivity index (χ0) is 21.9. The van der Waals surface area contributed by atoms with Gasteiger partial charge in [0.05, 0.1) is 11.4 Å². The highest BCUT2D eigenvalue weighted by Crippen LogP contribution is 2.30. The molecule has 0 amide bonds. The molecule has 0 N–H and O–H groups in total. The fourth-order valence-corrected chi connectivity index (χ4v) is 4.55. The van der Waals surface area contributed by atoms with Crippen LogP contribution in [0.4, 0.5) is 4.39 Å². The van der Waals surface area contributed by atoms with E-state index in [1.807, 2.05) is 24.4 Å². The highest BCUT2D eigenvalue weighted by atomic mass is 19.1. The lowest BCUT2D eigenvalue weighted by atomic mass is 9.95. The van der Waals surface area contributed by atoms with E-state index in [4.69, 9.17) is 4.98 Å². The van der Waals surface area contributed by atoms with Crippen molar-refractivity contribution in [3.63, 3.8) is 0 Å². The summed E-state index contributed by atoms with van der Waals surface area (Å²) >= 11 is 0. The number of piperidine rings is 1. The largest absolute Gasteiger partial charge is 0.337 e. The lowest BCUT2D eigenvalue weighted by Crippen LogP contribution is -2.33. The molecule has 5 heteroatoms. The van der Waals surface area contributed by atoms with E-state index in [9.17, 15) is 4.39 Å². The lowest BCUT2D eigenvalue weighted by molar-refractivity contribution is 0.200. The highest BCUT2D eigenvalue weighted by Gasteiger charge is 2.24. The van der Waals surface area contributed by atoms with Crippen molar-refractivity contribution in [1.29, 1.82) is 0 Å². The summed E-state index contributed by atoms with van der Waals surface area (Å²) in [6.45, 7) is 3.19. The minimum atomic E-state index is -0.252. The van der Waals surface area contributed by atoms with Crippen molar-refractivity contribution in [2.24, 2.45) is 7.05 Å². The number of hydrogen-bond donors (Lipinski definition) is 0. The number of nitrogens with zero attached hydrogens (tertiary/aromatic N) is 4. The van der Waals surface area contributed by atoms with E-state index in [0.29, 0.717) is 5.92 Å². The summed E-state index contributed by atoms with van der Waals surface area (Å²) in [6, 6.07) is 21.2. The molecule has 0 radical (unpaired) electrons. The Morgan fingerprint density at radius 2 is 1.72 bits per heavy atom. The number of pyridine rings is 1. The van der Waals surface area contributed by atoms with Gasteiger partial charge in [-0.25, -0.2) is 9.37 Å². The Hall–Kier alpha value is -3.31. The Bertz CT molecular complexity index is 1180. The second-order valence-corrected chi connectivity index (χ2v) is 8.57. The SMILES string of the molecule is Cn1cc(-c2ccc(-c3cccc(F)c3)nc2)nc1C1CCN(Cc2ccccc2)CC1. The highest BCUT2D eigenvalue weighted by molar-refractivity contribution is 5.64. The van der Waals surface area contributed by atoms with Gasteiger partial charge in [-0.15, -0.1) is 0 Å². The van der Waals surface area contributed by atoms with Crippen molar-refractivity contribution >= 4 is 0 Å². The van der Waals surface area contributed by atoms with Crippen molar-refractivity contribution < 1.29 is 4.39 Å². The van der Waals surface area contributed by atoms with Gasteiger partial charge in [0.1, 0.15) is 11.6 Å². The van der Waals surface area contributed by atoms with E-state index < -0.39 is 0 Å². The van der Waals surface area contributed by atoms with Crippen LogP contribution in [0.3, 0.4) is 0 Å². The van der Waals surface area contributed by atoms with Crippen LogP contribution in [0, 0.1) is 5.82 Å². The molecule has 1 aliphatic heterocycles. The minimum Gasteiger partial charge on any atom is -0.337 e. The molecular weight excluding hydrogens is 399 g/mol. The molecule has 0 spiro atoms. The molecule has 0 saturated carbocycles. The Kier molecular flexibility index (Phi) is 5.82. The van der Waals surface area contributed by atoms with E-state index in [1.165, 1.54) is 17.7 Å². The third kappa shape index (κ3) is 4.48. The number of benzene rings is 2. The van der Waals surface area contributed by atoms with E-state index in [2.05, 4.69) is 58.0 Å². The molecule has 4 nitrogen and oxygen atoms in total. The third-order valence-electron chi connectivity index (χ3n) is 6.29. The van der Waals surface area contributed by atoms with Gasteiger partial charge in [-0.3, -0.25) is 9.88 Å². The number of aryl methyl sites for hydroxylation is 1. The Morgan fingerprint density at radius 3 is 2.44 bits per heavy atom. The van der Waals surface area contributed by atoms with Gasteiger partial charge in [0.2, 0.25) is 0 Å². The molecule has 3 heterocycles. The van der Waals surface area contributed by atoms with Crippen molar-refractivity contribution in [2.75, 3.05) is 13.1 Å². The molecule has 0 atom stereocenters. The molecule has 0 unspecified atom stereocenters. The summed E-state index contributed by atoms with van der Waals surface area (Å²) in [5.41, 5.74) is 4.83. The first-order chi connectivity index (χ1) is 15.7. The topological polar surface area (TPSA) is 34.0 Å². The van der Waals surface area contributed by atoms with E-state index in [-0.39, 0.29) is 5.82 Å². The predicted molar refractivity (Wildman–Crippen MR) is 126 cm³/mol. The standard InChI is InChI=1S/C27H27FN4/c1-31-19-26(23-10-11-25(29-17-23)22-8-5-9-24(28)16-22)30-27(31)21-12-14-32(15-13-21)18-20-6-3-2-4-7-20/h2-11,16-17,19,21H,12-15,18H2,1H3.